The van der Waals surface area contributed by atoms with Crippen molar-refractivity contribution in [2.24, 2.45) is 11.5 Å². The number of benzene rings is 2. The van der Waals surface area contributed by atoms with Gasteiger partial charge < -0.3 is 27.1 Å². The molecule has 0 unspecified atom stereocenters. The Morgan fingerprint density at radius 1 is 0.686 bits per heavy atom. The van der Waals surface area contributed by atoms with E-state index in [4.69, 9.17) is 16.2 Å². The highest BCUT2D eigenvalue weighted by Crippen LogP contribution is 2.25. The van der Waals surface area contributed by atoms with E-state index in [1.54, 1.807) is 0 Å². The van der Waals surface area contributed by atoms with Crippen molar-refractivity contribution in [3.63, 3.8) is 0 Å². The molecule has 2 aromatic rings. The molecule has 0 aliphatic heterocycles. The van der Waals surface area contributed by atoms with E-state index in [0.717, 1.165) is 10.8 Å². The summed E-state index contributed by atoms with van der Waals surface area (Å²) >= 11 is 9.29. The lowest BCUT2D eigenvalue weighted by Gasteiger charge is -2.10. The van der Waals surface area contributed by atoms with Crippen LogP contribution in [0.15, 0.2) is 80.5 Å². The second kappa shape index (κ2) is 11.8. The Labute approximate surface area is 214 Å². The van der Waals surface area contributed by atoms with Gasteiger partial charge in [-0.25, -0.2) is 16.8 Å². The Bertz CT molecular complexity index is 1250. The van der Waals surface area contributed by atoms with E-state index in [9.17, 15) is 16.8 Å². The van der Waals surface area contributed by atoms with Crippen LogP contribution in [0.2, 0.25) is 0 Å². The Hall–Kier alpha value is -3.40. The van der Waals surface area contributed by atoms with Gasteiger partial charge in [-0.2, -0.15) is 0 Å². The first-order valence-electron chi connectivity index (χ1n) is 9.66. The average molecular weight is 557 g/mol. The molecule has 0 radical (unpaired) electrons. The minimum Gasteiger partial charge on any atom is -0.457 e. The maximum absolute atomic E-state index is 12.5. The fourth-order valence-corrected chi connectivity index (χ4v) is 4.97. The lowest BCUT2D eigenvalue weighted by molar-refractivity contribution is 0.481. The number of rotatable bonds is 10. The molecular formula is C20H24N6O5S4. The van der Waals surface area contributed by atoms with Crippen LogP contribution in [0.5, 0.6) is 11.5 Å². The SMILES string of the molecule is CC(=CS(=O)(=O)c1ccc(Oc2ccc(S(=O)(=O)/C=C(\C)NNC(N)=S)cc2)cc1)NNC(N)=S. The number of hydrazine groups is 2. The predicted octanol–water partition coefficient (Wildman–Crippen LogP) is 1.42. The molecule has 2 rings (SSSR count). The van der Waals surface area contributed by atoms with Crippen molar-refractivity contribution in [3.05, 3.63) is 70.7 Å². The zero-order valence-corrected chi connectivity index (χ0v) is 21.9. The van der Waals surface area contributed by atoms with Gasteiger partial charge in [0.15, 0.2) is 10.2 Å². The summed E-state index contributed by atoms with van der Waals surface area (Å²) in [6, 6.07) is 11.5. The number of thiocarbonyl (C=S) groups is 2. The van der Waals surface area contributed by atoms with Gasteiger partial charge in [-0.05, 0) is 86.8 Å². The Kier molecular flexibility index (Phi) is 9.41. The van der Waals surface area contributed by atoms with Crippen LogP contribution in [0.3, 0.4) is 0 Å². The smallest absolute Gasteiger partial charge is 0.201 e. The third-order valence-electron chi connectivity index (χ3n) is 3.97. The van der Waals surface area contributed by atoms with Gasteiger partial charge in [-0.3, -0.25) is 10.9 Å². The van der Waals surface area contributed by atoms with Crippen molar-refractivity contribution in [1.29, 1.82) is 0 Å². The largest absolute Gasteiger partial charge is 0.457 e. The highest BCUT2D eigenvalue weighted by molar-refractivity contribution is 7.94. The van der Waals surface area contributed by atoms with Gasteiger partial charge in [0.2, 0.25) is 19.7 Å². The molecule has 0 spiro atoms. The monoisotopic (exact) mass is 556 g/mol. The third-order valence-corrected chi connectivity index (χ3v) is 7.36. The third kappa shape index (κ3) is 9.05. The quantitative estimate of drug-likeness (QED) is 0.183. The van der Waals surface area contributed by atoms with E-state index < -0.39 is 19.7 Å². The molecule has 188 valence electrons. The number of nitrogens with two attached hydrogens (primary N) is 2. The van der Waals surface area contributed by atoms with Crippen molar-refractivity contribution in [2.45, 2.75) is 23.6 Å². The summed E-state index contributed by atoms with van der Waals surface area (Å²) < 4.78 is 55.7. The summed E-state index contributed by atoms with van der Waals surface area (Å²) in [5.74, 6) is 0.717. The van der Waals surface area contributed by atoms with Gasteiger partial charge in [-0.1, -0.05) is 0 Å². The van der Waals surface area contributed by atoms with E-state index in [-0.39, 0.29) is 31.4 Å². The van der Waals surface area contributed by atoms with E-state index in [1.165, 1.54) is 62.4 Å². The first-order chi connectivity index (χ1) is 16.3. The van der Waals surface area contributed by atoms with Crippen molar-refractivity contribution in [3.8, 4) is 11.5 Å². The normalized spacial score (nSPS) is 12.4. The standard InChI is InChI=1S/C20H24N6O5S4/c1-13(23-25-19(21)32)11-34(27,28)17-7-3-15(4-8-17)31-16-5-9-18(10-6-16)35(29,30)12-14(2)24-26-20(22)33/h3-12,23-24H,1-2H3,(H3,21,25,32)(H3,22,26,33)/b13-11+,14-12?. The minimum atomic E-state index is -3.74. The van der Waals surface area contributed by atoms with E-state index in [1.807, 2.05) is 0 Å². The molecule has 15 heteroatoms. The fourth-order valence-electron chi connectivity index (χ4n) is 2.51. The summed E-state index contributed by atoms with van der Waals surface area (Å²) in [4.78, 5) is 0.0897. The van der Waals surface area contributed by atoms with Crippen LogP contribution in [0.25, 0.3) is 0 Å². The maximum atomic E-state index is 12.5. The number of ether oxygens (including phenoxy) is 1. The Morgan fingerprint density at radius 2 is 1.00 bits per heavy atom. The Morgan fingerprint density at radius 3 is 1.29 bits per heavy atom. The summed E-state index contributed by atoms with van der Waals surface area (Å²) in [6.07, 6.45) is 0. The molecule has 0 bridgehead atoms. The number of allylic oxidation sites excluding steroid dienone is 2. The fraction of sp³-hybridized carbons (Fsp3) is 0.100. The van der Waals surface area contributed by atoms with E-state index in [0.29, 0.717) is 11.5 Å². The summed E-state index contributed by atoms with van der Waals surface area (Å²) in [6.45, 7) is 3.06. The first kappa shape index (κ1) is 27.8. The molecule has 0 saturated carbocycles. The van der Waals surface area contributed by atoms with E-state index in [2.05, 4.69) is 46.1 Å². The van der Waals surface area contributed by atoms with Gasteiger partial charge in [0, 0.05) is 11.4 Å². The summed E-state index contributed by atoms with van der Waals surface area (Å²) in [5, 5.41) is 1.99. The number of sulfone groups is 2. The number of hydrogen-bond donors (Lipinski definition) is 6. The van der Waals surface area contributed by atoms with Crippen LogP contribution < -0.4 is 37.9 Å². The molecule has 0 atom stereocenters. The topological polar surface area (TPSA) is 178 Å². The first-order valence-corrected chi connectivity index (χ1v) is 13.6. The zero-order valence-electron chi connectivity index (χ0n) is 18.6. The number of hydrogen-bond acceptors (Lipinski definition) is 9. The molecule has 0 amide bonds. The van der Waals surface area contributed by atoms with Gasteiger partial charge in [0.05, 0.1) is 20.6 Å². The molecule has 0 aliphatic rings. The molecule has 11 nitrogen and oxygen atoms in total. The van der Waals surface area contributed by atoms with Crippen LogP contribution in [0.1, 0.15) is 13.8 Å². The van der Waals surface area contributed by atoms with Crippen LogP contribution in [-0.4, -0.2) is 27.1 Å². The molecule has 0 saturated heterocycles. The number of nitrogens with one attached hydrogen (secondary N) is 4. The van der Waals surface area contributed by atoms with Crippen LogP contribution in [-0.2, 0) is 19.7 Å². The van der Waals surface area contributed by atoms with Gasteiger partial charge in [0.25, 0.3) is 0 Å². The molecular weight excluding hydrogens is 533 g/mol. The van der Waals surface area contributed by atoms with Gasteiger partial charge in [0.1, 0.15) is 11.5 Å². The molecule has 35 heavy (non-hydrogen) atoms. The second-order valence-electron chi connectivity index (χ2n) is 6.97. The highest BCUT2D eigenvalue weighted by Gasteiger charge is 2.14. The van der Waals surface area contributed by atoms with E-state index >= 15 is 0 Å². The Balaban J connectivity index is 2.09. The zero-order chi connectivity index (χ0) is 26.2. The van der Waals surface area contributed by atoms with Crippen molar-refractivity contribution < 1.29 is 21.6 Å². The van der Waals surface area contributed by atoms with Crippen LogP contribution in [0.4, 0.5) is 0 Å². The summed E-state index contributed by atoms with van der Waals surface area (Å²) in [7, 11) is -7.48. The molecule has 8 N–H and O–H groups in total. The average Bonchev–Trinajstić information content (AvgIpc) is 2.76. The van der Waals surface area contributed by atoms with Crippen molar-refractivity contribution in [2.75, 3.05) is 0 Å². The maximum Gasteiger partial charge on any atom is 0.201 e. The molecule has 2 aromatic carbocycles. The molecule has 0 aromatic heterocycles. The predicted molar refractivity (Wildman–Crippen MR) is 141 cm³/mol. The molecule has 0 fully saturated rings. The molecule has 0 heterocycles. The van der Waals surface area contributed by atoms with Crippen LogP contribution in [0, 0.1) is 0 Å². The van der Waals surface area contributed by atoms with Gasteiger partial charge >= 0.3 is 0 Å². The lowest BCUT2D eigenvalue weighted by Crippen LogP contribution is -2.39. The van der Waals surface area contributed by atoms with Crippen molar-refractivity contribution in [1.82, 2.24) is 21.7 Å². The van der Waals surface area contributed by atoms with Crippen LogP contribution >= 0.6 is 24.4 Å². The van der Waals surface area contributed by atoms with Crippen molar-refractivity contribution >= 4 is 54.3 Å². The minimum absolute atomic E-state index is 0.0317. The molecule has 0 aliphatic carbocycles. The summed E-state index contributed by atoms with van der Waals surface area (Å²) in [5.41, 5.74) is 21.2. The highest BCUT2D eigenvalue weighted by atomic mass is 32.2. The second-order valence-corrected chi connectivity index (χ2v) is 11.4. The van der Waals surface area contributed by atoms with Gasteiger partial charge in [-0.15, -0.1) is 0 Å². The lowest BCUT2D eigenvalue weighted by atomic mass is 10.3.